The Morgan fingerprint density at radius 2 is 1.95 bits per heavy atom. The van der Waals surface area contributed by atoms with Crippen molar-refractivity contribution in [2.75, 3.05) is 6.54 Å². The van der Waals surface area contributed by atoms with Gasteiger partial charge in [0.1, 0.15) is 5.75 Å². The largest absolute Gasteiger partial charge is 0.439 e. The molecule has 106 valence electrons. The van der Waals surface area contributed by atoms with Gasteiger partial charge in [-0.1, -0.05) is 32.0 Å². The molecule has 0 saturated carbocycles. The summed E-state index contributed by atoms with van der Waals surface area (Å²) in [6.45, 7) is 8.05. The van der Waals surface area contributed by atoms with Crippen LogP contribution in [0.1, 0.15) is 30.7 Å². The van der Waals surface area contributed by atoms with Gasteiger partial charge >= 0.3 is 0 Å². The molecule has 3 heteroatoms. The molecule has 0 unspecified atom stereocenters. The normalized spacial score (nSPS) is 10.6. The molecule has 1 heterocycles. The van der Waals surface area contributed by atoms with Gasteiger partial charge in [-0.25, -0.2) is 4.98 Å². The molecule has 0 aliphatic carbocycles. The minimum absolute atomic E-state index is 0.673. The van der Waals surface area contributed by atoms with E-state index in [4.69, 9.17) is 4.74 Å². The maximum Gasteiger partial charge on any atom is 0.219 e. The molecule has 0 aliphatic rings. The summed E-state index contributed by atoms with van der Waals surface area (Å²) in [5, 5.41) is 3.33. The second-order valence-corrected chi connectivity index (χ2v) is 4.81. The zero-order chi connectivity index (χ0) is 14.4. The lowest BCUT2D eigenvalue weighted by Gasteiger charge is -2.11. The van der Waals surface area contributed by atoms with Crippen molar-refractivity contribution in [2.45, 2.75) is 33.7 Å². The quantitative estimate of drug-likeness (QED) is 0.865. The van der Waals surface area contributed by atoms with Gasteiger partial charge in [0, 0.05) is 18.3 Å². The molecule has 0 saturated heterocycles. The highest BCUT2D eigenvalue weighted by Gasteiger charge is 2.05. The molecule has 2 rings (SSSR count). The van der Waals surface area contributed by atoms with Gasteiger partial charge in [0.25, 0.3) is 0 Å². The summed E-state index contributed by atoms with van der Waals surface area (Å²) in [6, 6.07) is 12.1. The van der Waals surface area contributed by atoms with Gasteiger partial charge in [0.05, 0.1) is 0 Å². The monoisotopic (exact) mass is 270 g/mol. The zero-order valence-corrected chi connectivity index (χ0v) is 12.4. The lowest BCUT2D eigenvalue weighted by atomic mass is 10.2. The van der Waals surface area contributed by atoms with E-state index in [1.54, 1.807) is 0 Å². The molecule has 1 N–H and O–H groups in total. The van der Waals surface area contributed by atoms with E-state index in [2.05, 4.69) is 30.2 Å². The maximum absolute atomic E-state index is 5.93. The average Bonchev–Trinajstić information content (AvgIpc) is 2.47. The number of ether oxygens (including phenoxy) is 1. The van der Waals surface area contributed by atoms with Crippen LogP contribution < -0.4 is 10.1 Å². The molecule has 0 atom stereocenters. The van der Waals surface area contributed by atoms with Gasteiger partial charge < -0.3 is 10.1 Å². The van der Waals surface area contributed by atoms with E-state index in [1.807, 2.05) is 37.3 Å². The number of hydrogen-bond acceptors (Lipinski definition) is 3. The van der Waals surface area contributed by atoms with Crippen LogP contribution in [-0.2, 0) is 13.0 Å². The number of pyridine rings is 1. The van der Waals surface area contributed by atoms with Crippen LogP contribution in [-0.4, -0.2) is 11.5 Å². The summed E-state index contributed by atoms with van der Waals surface area (Å²) in [6.07, 6.45) is 0.907. The van der Waals surface area contributed by atoms with E-state index in [0.29, 0.717) is 5.88 Å². The van der Waals surface area contributed by atoms with Crippen LogP contribution in [0.4, 0.5) is 0 Å². The summed E-state index contributed by atoms with van der Waals surface area (Å²) >= 11 is 0. The van der Waals surface area contributed by atoms with Crippen molar-refractivity contribution in [2.24, 2.45) is 0 Å². The van der Waals surface area contributed by atoms with Crippen molar-refractivity contribution in [1.29, 1.82) is 0 Å². The molecular weight excluding hydrogens is 248 g/mol. The van der Waals surface area contributed by atoms with Gasteiger partial charge in [-0.05, 0) is 43.1 Å². The van der Waals surface area contributed by atoms with Crippen molar-refractivity contribution < 1.29 is 4.74 Å². The number of nitrogens with one attached hydrogen (secondary N) is 1. The molecular formula is C17H22N2O. The molecule has 1 aromatic carbocycles. The third kappa shape index (κ3) is 3.81. The van der Waals surface area contributed by atoms with E-state index in [0.717, 1.165) is 36.5 Å². The first-order valence-corrected chi connectivity index (χ1v) is 7.17. The molecule has 0 radical (unpaired) electrons. The Morgan fingerprint density at radius 3 is 2.65 bits per heavy atom. The highest BCUT2D eigenvalue weighted by molar-refractivity contribution is 5.36. The fourth-order valence-corrected chi connectivity index (χ4v) is 2.01. The lowest BCUT2D eigenvalue weighted by Crippen LogP contribution is -2.12. The highest BCUT2D eigenvalue weighted by Crippen LogP contribution is 2.24. The second-order valence-electron chi connectivity index (χ2n) is 4.81. The number of benzene rings is 1. The van der Waals surface area contributed by atoms with Crippen molar-refractivity contribution in [3.63, 3.8) is 0 Å². The standard InChI is InChI=1S/C17H22N2O/c1-4-15-10-14(12-18-5-2)11-17(19-15)20-16-9-7-6-8-13(16)3/h6-11,18H,4-5,12H2,1-3H3. The lowest BCUT2D eigenvalue weighted by molar-refractivity contribution is 0.456. The highest BCUT2D eigenvalue weighted by atomic mass is 16.5. The number of nitrogens with zero attached hydrogens (tertiary/aromatic N) is 1. The van der Waals surface area contributed by atoms with Gasteiger partial charge in [-0.15, -0.1) is 0 Å². The number of para-hydroxylation sites is 1. The smallest absolute Gasteiger partial charge is 0.219 e. The molecule has 0 bridgehead atoms. The fraction of sp³-hybridized carbons (Fsp3) is 0.353. The van der Waals surface area contributed by atoms with Crippen LogP contribution in [0.5, 0.6) is 11.6 Å². The number of rotatable bonds is 6. The second kappa shape index (κ2) is 7.06. The summed E-state index contributed by atoms with van der Waals surface area (Å²) < 4.78 is 5.93. The van der Waals surface area contributed by atoms with Gasteiger partial charge in [0.15, 0.2) is 0 Å². The molecule has 0 aliphatic heterocycles. The summed E-state index contributed by atoms with van der Waals surface area (Å²) in [4.78, 5) is 4.55. The van der Waals surface area contributed by atoms with Crippen LogP contribution in [0.3, 0.4) is 0 Å². The summed E-state index contributed by atoms with van der Waals surface area (Å²) in [5.41, 5.74) is 3.38. The van der Waals surface area contributed by atoms with Crippen LogP contribution in [0.15, 0.2) is 36.4 Å². The van der Waals surface area contributed by atoms with Gasteiger partial charge in [-0.2, -0.15) is 0 Å². The third-order valence-corrected chi connectivity index (χ3v) is 3.16. The van der Waals surface area contributed by atoms with Gasteiger partial charge in [0.2, 0.25) is 5.88 Å². The van der Waals surface area contributed by atoms with Crippen molar-refractivity contribution in [3.8, 4) is 11.6 Å². The van der Waals surface area contributed by atoms with Crippen molar-refractivity contribution in [1.82, 2.24) is 10.3 Å². The summed E-state index contributed by atoms with van der Waals surface area (Å²) in [5.74, 6) is 1.54. The van der Waals surface area contributed by atoms with Crippen LogP contribution in [0, 0.1) is 6.92 Å². The van der Waals surface area contributed by atoms with Crippen LogP contribution in [0.25, 0.3) is 0 Å². The van der Waals surface area contributed by atoms with Crippen LogP contribution in [0.2, 0.25) is 0 Å². The number of aromatic nitrogens is 1. The molecule has 0 spiro atoms. The Kier molecular flexibility index (Phi) is 5.13. The minimum Gasteiger partial charge on any atom is -0.439 e. The Balaban J connectivity index is 2.24. The topological polar surface area (TPSA) is 34.2 Å². The van der Waals surface area contributed by atoms with E-state index in [-0.39, 0.29) is 0 Å². The molecule has 2 aromatic rings. The Morgan fingerprint density at radius 1 is 1.15 bits per heavy atom. The molecule has 20 heavy (non-hydrogen) atoms. The predicted molar refractivity (Wildman–Crippen MR) is 82.2 cm³/mol. The van der Waals surface area contributed by atoms with E-state index in [9.17, 15) is 0 Å². The number of hydrogen-bond donors (Lipinski definition) is 1. The molecule has 3 nitrogen and oxygen atoms in total. The van der Waals surface area contributed by atoms with Crippen molar-refractivity contribution >= 4 is 0 Å². The Bertz CT molecular complexity index is 567. The first kappa shape index (κ1) is 14.5. The number of aryl methyl sites for hydroxylation is 2. The summed E-state index contributed by atoms with van der Waals surface area (Å²) in [7, 11) is 0. The molecule has 1 aromatic heterocycles. The van der Waals surface area contributed by atoms with Crippen LogP contribution >= 0.6 is 0 Å². The molecule has 0 amide bonds. The maximum atomic E-state index is 5.93. The Labute approximate surface area is 121 Å². The van der Waals surface area contributed by atoms with E-state index in [1.165, 1.54) is 5.56 Å². The SMILES string of the molecule is CCNCc1cc(CC)nc(Oc2ccccc2C)c1. The third-order valence-electron chi connectivity index (χ3n) is 3.16. The van der Waals surface area contributed by atoms with E-state index < -0.39 is 0 Å². The zero-order valence-electron chi connectivity index (χ0n) is 12.4. The molecule has 0 fully saturated rings. The minimum atomic E-state index is 0.673. The Hall–Kier alpha value is -1.87. The predicted octanol–water partition coefficient (Wildman–Crippen LogP) is 3.85. The van der Waals surface area contributed by atoms with Crippen molar-refractivity contribution in [3.05, 3.63) is 53.2 Å². The van der Waals surface area contributed by atoms with E-state index >= 15 is 0 Å². The first-order chi connectivity index (χ1) is 9.72. The average molecular weight is 270 g/mol. The van der Waals surface area contributed by atoms with Gasteiger partial charge in [-0.3, -0.25) is 0 Å². The fourth-order valence-electron chi connectivity index (χ4n) is 2.01. The first-order valence-electron chi connectivity index (χ1n) is 7.17.